The molecule has 2 heterocycles. The number of imidazole rings is 1. The average molecular weight is 194 g/mol. The maximum Gasteiger partial charge on any atom is 0.0921 e. The quantitative estimate of drug-likeness (QED) is 0.722. The lowest BCUT2D eigenvalue weighted by Gasteiger charge is -2.26. The third-order valence-corrected chi connectivity index (χ3v) is 2.68. The number of aryl methyl sites for hydroxylation is 1. The Labute approximate surface area is 84.7 Å². The summed E-state index contributed by atoms with van der Waals surface area (Å²) in [7, 11) is 0. The Bertz CT molecular complexity index is 239. The van der Waals surface area contributed by atoms with Gasteiger partial charge in [-0.05, 0) is 19.4 Å². The van der Waals surface area contributed by atoms with Crippen molar-refractivity contribution in [2.45, 2.75) is 12.8 Å². The third-order valence-electron chi connectivity index (χ3n) is 2.68. The van der Waals surface area contributed by atoms with Crippen LogP contribution in [-0.2, 0) is 6.42 Å². The third kappa shape index (κ3) is 2.82. The van der Waals surface area contributed by atoms with Crippen LogP contribution in [0.4, 0.5) is 0 Å². The van der Waals surface area contributed by atoms with Gasteiger partial charge in [-0.1, -0.05) is 0 Å². The smallest absolute Gasteiger partial charge is 0.0921 e. The number of H-pyrrole nitrogens is 1. The lowest BCUT2D eigenvalue weighted by molar-refractivity contribution is 0.238. The molecule has 0 atom stereocenters. The Balaban J connectivity index is 1.62. The first kappa shape index (κ1) is 9.68. The van der Waals surface area contributed by atoms with E-state index in [1.54, 1.807) is 6.33 Å². The number of rotatable bonds is 4. The van der Waals surface area contributed by atoms with Crippen LogP contribution in [0.15, 0.2) is 12.5 Å². The van der Waals surface area contributed by atoms with Crippen LogP contribution in [-0.4, -0.2) is 47.6 Å². The van der Waals surface area contributed by atoms with Crippen molar-refractivity contribution in [2.24, 2.45) is 0 Å². The van der Waals surface area contributed by atoms with Crippen LogP contribution in [0.3, 0.4) is 0 Å². The summed E-state index contributed by atoms with van der Waals surface area (Å²) in [6.07, 6.45) is 6.00. The number of hydrogen-bond acceptors (Lipinski definition) is 3. The fraction of sp³-hybridized carbons (Fsp3) is 0.700. The molecule has 1 fully saturated rings. The summed E-state index contributed by atoms with van der Waals surface area (Å²) < 4.78 is 0. The second kappa shape index (κ2) is 5.12. The summed E-state index contributed by atoms with van der Waals surface area (Å²) >= 11 is 0. The highest BCUT2D eigenvalue weighted by molar-refractivity contribution is 4.93. The first-order valence-electron chi connectivity index (χ1n) is 5.35. The molecule has 4 nitrogen and oxygen atoms in total. The van der Waals surface area contributed by atoms with Crippen molar-refractivity contribution >= 4 is 0 Å². The summed E-state index contributed by atoms with van der Waals surface area (Å²) in [6.45, 7) is 5.89. The van der Waals surface area contributed by atoms with E-state index in [0.29, 0.717) is 0 Å². The minimum atomic E-state index is 1.12. The van der Waals surface area contributed by atoms with Gasteiger partial charge in [-0.25, -0.2) is 4.98 Å². The largest absolute Gasteiger partial charge is 0.348 e. The lowest BCUT2D eigenvalue weighted by atomic mass is 10.2. The molecule has 1 aromatic rings. The molecule has 0 spiro atoms. The normalized spacial score (nSPS) is 18.6. The average Bonchev–Trinajstić information content (AvgIpc) is 2.72. The molecule has 1 aliphatic rings. The SMILES string of the molecule is c1ncc(CCCN2CCNCC2)[nH]1. The Hall–Kier alpha value is -0.870. The number of aromatic amines is 1. The van der Waals surface area contributed by atoms with Crippen molar-refractivity contribution in [1.82, 2.24) is 20.2 Å². The molecule has 1 saturated heterocycles. The predicted octanol–water partition coefficient (Wildman–Crippen LogP) is 0.247. The zero-order valence-electron chi connectivity index (χ0n) is 8.50. The van der Waals surface area contributed by atoms with Crippen LogP contribution in [0.2, 0.25) is 0 Å². The number of aromatic nitrogens is 2. The van der Waals surface area contributed by atoms with E-state index in [2.05, 4.69) is 20.2 Å². The summed E-state index contributed by atoms with van der Waals surface area (Å²) in [6, 6.07) is 0. The van der Waals surface area contributed by atoms with E-state index in [1.165, 1.54) is 31.7 Å². The molecule has 0 aromatic carbocycles. The van der Waals surface area contributed by atoms with Crippen LogP contribution in [0, 0.1) is 0 Å². The van der Waals surface area contributed by atoms with E-state index in [4.69, 9.17) is 0 Å². The predicted molar refractivity (Wildman–Crippen MR) is 56.2 cm³/mol. The fourth-order valence-corrected chi connectivity index (χ4v) is 1.85. The van der Waals surface area contributed by atoms with Gasteiger partial charge in [0.15, 0.2) is 0 Å². The van der Waals surface area contributed by atoms with Crippen molar-refractivity contribution < 1.29 is 0 Å². The van der Waals surface area contributed by atoms with Crippen molar-refractivity contribution in [3.63, 3.8) is 0 Å². The molecule has 2 rings (SSSR count). The summed E-state index contributed by atoms with van der Waals surface area (Å²) in [5.41, 5.74) is 1.25. The molecule has 0 bridgehead atoms. The van der Waals surface area contributed by atoms with Gasteiger partial charge in [0.2, 0.25) is 0 Å². The van der Waals surface area contributed by atoms with Gasteiger partial charge in [-0.15, -0.1) is 0 Å². The zero-order chi connectivity index (χ0) is 9.64. The lowest BCUT2D eigenvalue weighted by Crippen LogP contribution is -2.43. The Morgan fingerprint density at radius 2 is 2.21 bits per heavy atom. The van der Waals surface area contributed by atoms with E-state index >= 15 is 0 Å². The Morgan fingerprint density at radius 1 is 1.36 bits per heavy atom. The van der Waals surface area contributed by atoms with Crippen molar-refractivity contribution in [2.75, 3.05) is 32.7 Å². The van der Waals surface area contributed by atoms with E-state index in [1.807, 2.05) is 6.20 Å². The first-order valence-corrected chi connectivity index (χ1v) is 5.35. The molecule has 0 radical (unpaired) electrons. The van der Waals surface area contributed by atoms with E-state index in [9.17, 15) is 0 Å². The van der Waals surface area contributed by atoms with Crippen LogP contribution >= 0.6 is 0 Å². The first-order chi connectivity index (χ1) is 6.95. The summed E-state index contributed by atoms with van der Waals surface area (Å²) in [5, 5.41) is 3.36. The molecule has 1 aromatic heterocycles. The maximum atomic E-state index is 4.01. The van der Waals surface area contributed by atoms with Gasteiger partial charge in [0, 0.05) is 38.1 Å². The molecule has 1 aliphatic heterocycles. The van der Waals surface area contributed by atoms with Gasteiger partial charge in [0.1, 0.15) is 0 Å². The minimum absolute atomic E-state index is 1.12. The summed E-state index contributed by atoms with van der Waals surface area (Å²) in [5.74, 6) is 0. The Kier molecular flexibility index (Phi) is 3.54. The molecule has 0 unspecified atom stereocenters. The summed E-state index contributed by atoms with van der Waals surface area (Å²) in [4.78, 5) is 9.66. The van der Waals surface area contributed by atoms with Crippen LogP contribution in [0.1, 0.15) is 12.1 Å². The van der Waals surface area contributed by atoms with Crippen molar-refractivity contribution in [1.29, 1.82) is 0 Å². The second-order valence-electron chi connectivity index (χ2n) is 3.77. The van der Waals surface area contributed by atoms with Gasteiger partial charge in [-0.2, -0.15) is 0 Å². The molecule has 4 heteroatoms. The highest BCUT2D eigenvalue weighted by Gasteiger charge is 2.08. The van der Waals surface area contributed by atoms with E-state index < -0.39 is 0 Å². The highest BCUT2D eigenvalue weighted by atomic mass is 15.2. The number of nitrogens with one attached hydrogen (secondary N) is 2. The molecular formula is C10H18N4. The Morgan fingerprint density at radius 3 is 2.93 bits per heavy atom. The van der Waals surface area contributed by atoms with Crippen LogP contribution < -0.4 is 5.32 Å². The number of piperazine rings is 1. The van der Waals surface area contributed by atoms with E-state index in [0.717, 1.165) is 19.5 Å². The van der Waals surface area contributed by atoms with Gasteiger partial charge >= 0.3 is 0 Å². The van der Waals surface area contributed by atoms with Gasteiger partial charge in [0.25, 0.3) is 0 Å². The molecule has 14 heavy (non-hydrogen) atoms. The second-order valence-corrected chi connectivity index (χ2v) is 3.77. The van der Waals surface area contributed by atoms with Crippen molar-refractivity contribution in [3.8, 4) is 0 Å². The highest BCUT2D eigenvalue weighted by Crippen LogP contribution is 2.00. The maximum absolute atomic E-state index is 4.01. The number of hydrogen-bond donors (Lipinski definition) is 2. The molecule has 0 amide bonds. The number of nitrogens with zero attached hydrogens (tertiary/aromatic N) is 2. The molecule has 0 saturated carbocycles. The van der Waals surface area contributed by atoms with Gasteiger partial charge in [0.05, 0.1) is 6.33 Å². The molecular weight excluding hydrogens is 176 g/mol. The standard InChI is InChI=1S/C10H18N4/c1(2-10-8-12-9-13-10)5-14-6-3-11-4-7-14/h8-9,11H,1-7H2,(H,12,13). The van der Waals surface area contributed by atoms with Crippen LogP contribution in [0.5, 0.6) is 0 Å². The zero-order valence-corrected chi connectivity index (χ0v) is 8.50. The molecule has 0 aliphatic carbocycles. The topological polar surface area (TPSA) is 44.0 Å². The minimum Gasteiger partial charge on any atom is -0.348 e. The van der Waals surface area contributed by atoms with Crippen LogP contribution in [0.25, 0.3) is 0 Å². The molecule has 78 valence electrons. The fourth-order valence-electron chi connectivity index (χ4n) is 1.85. The van der Waals surface area contributed by atoms with Gasteiger partial charge in [-0.3, -0.25) is 0 Å². The monoisotopic (exact) mass is 194 g/mol. The van der Waals surface area contributed by atoms with Gasteiger partial charge < -0.3 is 15.2 Å². The van der Waals surface area contributed by atoms with E-state index in [-0.39, 0.29) is 0 Å². The van der Waals surface area contributed by atoms with Crippen molar-refractivity contribution in [3.05, 3.63) is 18.2 Å². The molecule has 2 N–H and O–H groups in total.